The molecule has 92 valence electrons. The third-order valence-corrected chi connectivity index (χ3v) is 2.20. The van der Waals surface area contributed by atoms with Crippen molar-refractivity contribution in [1.29, 1.82) is 0 Å². The fourth-order valence-electron chi connectivity index (χ4n) is 1.53. The highest BCUT2D eigenvalue weighted by Gasteiger charge is 2.14. The fourth-order valence-corrected chi connectivity index (χ4v) is 1.53. The van der Waals surface area contributed by atoms with Gasteiger partial charge < -0.3 is 4.74 Å². The Morgan fingerprint density at radius 3 is 2.53 bits per heavy atom. The Morgan fingerprint density at radius 1 is 1.35 bits per heavy atom. The molecule has 0 unspecified atom stereocenters. The van der Waals surface area contributed by atoms with Crippen LogP contribution in [0.4, 0.5) is 4.79 Å². The fraction of sp³-hybridized carbons (Fsp3) is 0.357. The van der Waals surface area contributed by atoms with Gasteiger partial charge in [0.15, 0.2) is 0 Å². The molecule has 1 rings (SSSR count). The van der Waals surface area contributed by atoms with E-state index in [-0.39, 0.29) is 6.09 Å². The Bertz CT molecular complexity index is 373. The van der Waals surface area contributed by atoms with Crippen LogP contribution in [0, 0.1) is 0 Å². The van der Waals surface area contributed by atoms with Crippen LogP contribution in [-0.4, -0.2) is 24.1 Å². The monoisotopic (exact) mass is 233 g/mol. The second-order valence-corrected chi connectivity index (χ2v) is 4.00. The lowest BCUT2D eigenvalue weighted by molar-refractivity contribution is 0.108. The van der Waals surface area contributed by atoms with Crippen molar-refractivity contribution in [2.75, 3.05) is 13.2 Å². The molecule has 0 heterocycles. The molecule has 0 N–H and O–H groups in total. The van der Waals surface area contributed by atoms with Gasteiger partial charge in [0.05, 0.1) is 6.61 Å². The average Bonchev–Trinajstić information content (AvgIpc) is 2.29. The molecule has 1 amide bonds. The van der Waals surface area contributed by atoms with E-state index in [1.54, 1.807) is 11.8 Å². The smallest absolute Gasteiger partial charge is 0.410 e. The molecule has 0 aliphatic heterocycles. The zero-order chi connectivity index (χ0) is 12.7. The van der Waals surface area contributed by atoms with Crippen LogP contribution in [0.25, 0.3) is 0 Å². The molecule has 3 nitrogen and oxygen atoms in total. The van der Waals surface area contributed by atoms with Gasteiger partial charge in [-0.3, -0.25) is 4.90 Å². The van der Waals surface area contributed by atoms with Crippen LogP contribution in [0.3, 0.4) is 0 Å². The van der Waals surface area contributed by atoms with Gasteiger partial charge in [0.1, 0.15) is 0 Å². The first kappa shape index (κ1) is 13.3. The van der Waals surface area contributed by atoms with Crippen molar-refractivity contribution in [2.45, 2.75) is 20.4 Å². The van der Waals surface area contributed by atoms with Crippen LogP contribution >= 0.6 is 0 Å². The minimum atomic E-state index is -0.292. The summed E-state index contributed by atoms with van der Waals surface area (Å²) in [5.74, 6) is 0. The molecule has 0 saturated carbocycles. The van der Waals surface area contributed by atoms with E-state index in [0.29, 0.717) is 19.7 Å². The lowest BCUT2D eigenvalue weighted by atomic mass is 10.2. The molecule has 0 aliphatic carbocycles. The molecular formula is C14H19NO2. The van der Waals surface area contributed by atoms with E-state index in [1.165, 1.54) is 0 Å². The van der Waals surface area contributed by atoms with Crippen LogP contribution in [0.1, 0.15) is 19.4 Å². The lowest BCUT2D eigenvalue weighted by Gasteiger charge is -2.22. The van der Waals surface area contributed by atoms with E-state index in [1.807, 2.05) is 37.3 Å². The molecule has 0 aromatic heterocycles. The quantitative estimate of drug-likeness (QED) is 0.731. The minimum absolute atomic E-state index is 0.292. The maximum absolute atomic E-state index is 11.7. The van der Waals surface area contributed by atoms with Gasteiger partial charge in [-0.2, -0.15) is 0 Å². The number of carbonyl (C=O) groups excluding carboxylic acids is 1. The second-order valence-electron chi connectivity index (χ2n) is 4.00. The van der Waals surface area contributed by atoms with E-state index < -0.39 is 0 Å². The summed E-state index contributed by atoms with van der Waals surface area (Å²) in [5.41, 5.74) is 2.02. The molecule has 0 spiro atoms. The standard InChI is InChI=1S/C14H19NO2/c1-4-17-14(16)15(10-12(2)3)11-13-8-6-5-7-9-13/h5-9H,2,4,10-11H2,1,3H3. The summed E-state index contributed by atoms with van der Waals surface area (Å²) in [6.45, 7) is 8.99. The number of amides is 1. The Labute approximate surface area is 103 Å². The van der Waals surface area contributed by atoms with Crippen molar-refractivity contribution < 1.29 is 9.53 Å². The van der Waals surface area contributed by atoms with Crippen LogP contribution in [0.5, 0.6) is 0 Å². The van der Waals surface area contributed by atoms with Gasteiger partial charge >= 0.3 is 6.09 Å². The van der Waals surface area contributed by atoms with Crippen LogP contribution in [0.2, 0.25) is 0 Å². The van der Waals surface area contributed by atoms with Gasteiger partial charge in [-0.1, -0.05) is 42.5 Å². The number of rotatable bonds is 5. The Kier molecular flexibility index (Phi) is 5.27. The molecule has 0 bridgehead atoms. The molecule has 0 atom stereocenters. The van der Waals surface area contributed by atoms with E-state index in [9.17, 15) is 4.79 Å². The first-order valence-electron chi connectivity index (χ1n) is 5.73. The van der Waals surface area contributed by atoms with E-state index >= 15 is 0 Å². The SMILES string of the molecule is C=C(C)CN(Cc1ccccc1)C(=O)OCC. The zero-order valence-corrected chi connectivity index (χ0v) is 10.5. The summed E-state index contributed by atoms with van der Waals surface area (Å²) in [4.78, 5) is 13.4. The summed E-state index contributed by atoms with van der Waals surface area (Å²) in [6.07, 6.45) is -0.292. The van der Waals surface area contributed by atoms with E-state index in [0.717, 1.165) is 11.1 Å². The topological polar surface area (TPSA) is 29.5 Å². The zero-order valence-electron chi connectivity index (χ0n) is 10.5. The summed E-state index contributed by atoms with van der Waals surface area (Å²) in [7, 11) is 0. The third kappa shape index (κ3) is 4.72. The molecule has 0 radical (unpaired) electrons. The lowest BCUT2D eigenvalue weighted by Crippen LogP contribution is -2.32. The predicted molar refractivity (Wildman–Crippen MR) is 68.7 cm³/mol. The summed E-state index contributed by atoms with van der Waals surface area (Å²) in [6, 6.07) is 9.85. The first-order valence-corrected chi connectivity index (χ1v) is 5.73. The summed E-state index contributed by atoms with van der Waals surface area (Å²) >= 11 is 0. The maximum atomic E-state index is 11.7. The van der Waals surface area contributed by atoms with Crippen LogP contribution in [0.15, 0.2) is 42.5 Å². The van der Waals surface area contributed by atoms with Crippen molar-refractivity contribution in [2.24, 2.45) is 0 Å². The van der Waals surface area contributed by atoms with Gasteiger partial charge in [-0.25, -0.2) is 4.79 Å². The molecule has 17 heavy (non-hydrogen) atoms. The summed E-state index contributed by atoms with van der Waals surface area (Å²) in [5, 5.41) is 0. The third-order valence-electron chi connectivity index (χ3n) is 2.20. The van der Waals surface area contributed by atoms with Gasteiger partial charge in [0.25, 0.3) is 0 Å². The normalized spacial score (nSPS) is 9.76. The minimum Gasteiger partial charge on any atom is -0.450 e. The molecule has 1 aromatic rings. The molecule has 3 heteroatoms. The molecule has 1 aromatic carbocycles. The number of benzene rings is 1. The maximum Gasteiger partial charge on any atom is 0.410 e. The highest BCUT2D eigenvalue weighted by atomic mass is 16.6. The van der Waals surface area contributed by atoms with Crippen LogP contribution < -0.4 is 0 Å². The van der Waals surface area contributed by atoms with Crippen molar-refractivity contribution in [1.82, 2.24) is 4.90 Å². The Balaban J connectivity index is 2.70. The Hall–Kier alpha value is -1.77. The summed E-state index contributed by atoms with van der Waals surface area (Å²) < 4.78 is 5.02. The first-order chi connectivity index (χ1) is 8.13. The van der Waals surface area contributed by atoms with Gasteiger partial charge in [0.2, 0.25) is 0 Å². The number of ether oxygens (including phenoxy) is 1. The number of hydrogen-bond donors (Lipinski definition) is 0. The molecule has 0 aliphatic rings. The Morgan fingerprint density at radius 2 is 2.00 bits per heavy atom. The van der Waals surface area contributed by atoms with Crippen molar-refractivity contribution in [3.8, 4) is 0 Å². The molecular weight excluding hydrogens is 214 g/mol. The van der Waals surface area contributed by atoms with E-state index in [2.05, 4.69) is 6.58 Å². The number of nitrogens with zero attached hydrogens (tertiary/aromatic N) is 1. The molecule has 0 fully saturated rings. The number of carbonyl (C=O) groups is 1. The molecule has 0 saturated heterocycles. The van der Waals surface area contributed by atoms with Crippen molar-refractivity contribution in [3.05, 3.63) is 48.0 Å². The van der Waals surface area contributed by atoms with Gasteiger partial charge in [0, 0.05) is 13.1 Å². The van der Waals surface area contributed by atoms with Crippen LogP contribution in [-0.2, 0) is 11.3 Å². The highest BCUT2D eigenvalue weighted by Crippen LogP contribution is 2.08. The van der Waals surface area contributed by atoms with Crippen molar-refractivity contribution >= 4 is 6.09 Å². The number of hydrogen-bond acceptors (Lipinski definition) is 2. The van der Waals surface area contributed by atoms with E-state index in [4.69, 9.17) is 4.74 Å². The highest BCUT2D eigenvalue weighted by molar-refractivity contribution is 5.68. The van der Waals surface area contributed by atoms with Gasteiger partial charge in [-0.05, 0) is 19.4 Å². The largest absolute Gasteiger partial charge is 0.450 e. The van der Waals surface area contributed by atoms with Crippen molar-refractivity contribution in [3.63, 3.8) is 0 Å². The predicted octanol–water partition coefficient (Wildman–Crippen LogP) is 3.22. The average molecular weight is 233 g/mol. The second kappa shape index (κ2) is 6.74. The van der Waals surface area contributed by atoms with Gasteiger partial charge in [-0.15, -0.1) is 0 Å².